The Morgan fingerprint density at radius 3 is 2.75 bits per heavy atom. The second kappa shape index (κ2) is 4.65. The van der Waals surface area contributed by atoms with E-state index in [0.29, 0.717) is 5.92 Å². The number of hydrogen-bond donors (Lipinski definition) is 1. The first-order valence-electron chi connectivity index (χ1n) is 2.75. The van der Waals surface area contributed by atoms with Crippen LogP contribution < -0.4 is 5.48 Å². The topological polar surface area (TPSA) is 21.3 Å². The van der Waals surface area contributed by atoms with Crippen LogP contribution in [0.3, 0.4) is 0 Å². The standard InChI is InChI=1S/C6H13NO/c1-4-7-8-5-6(2)3/h4,6-7H,1,5H2,2-3H3. The fourth-order valence-corrected chi connectivity index (χ4v) is 0.274. The molecule has 0 unspecified atom stereocenters. The monoisotopic (exact) mass is 115 g/mol. The van der Waals surface area contributed by atoms with Crippen LogP contribution in [0.4, 0.5) is 0 Å². The molecular weight excluding hydrogens is 102 g/mol. The van der Waals surface area contributed by atoms with E-state index < -0.39 is 0 Å². The molecule has 0 aromatic rings. The summed E-state index contributed by atoms with van der Waals surface area (Å²) in [6.07, 6.45) is 1.52. The molecule has 0 aromatic heterocycles. The van der Waals surface area contributed by atoms with Gasteiger partial charge in [0.15, 0.2) is 0 Å². The molecule has 0 spiro atoms. The number of hydroxylamine groups is 1. The van der Waals surface area contributed by atoms with Gasteiger partial charge in [0.25, 0.3) is 0 Å². The zero-order chi connectivity index (χ0) is 6.41. The van der Waals surface area contributed by atoms with Gasteiger partial charge < -0.3 is 0 Å². The van der Waals surface area contributed by atoms with Crippen molar-refractivity contribution in [2.24, 2.45) is 5.92 Å². The Hall–Kier alpha value is -0.500. The van der Waals surface area contributed by atoms with Crippen molar-refractivity contribution in [3.05, 3.63) is 12.8 Å². The van der Waals surface area contributed by atoms with Crippen LogP contribution in [0.2, 0.25) is 0 Å². The first-order valence-corrected chi connectivity index (χ1v) is 2.75. The molecule has 0 rings (SSSR count). The lowest BCUT2D eigenvalue weighted by atomic mass is 10.2. The van der Waals surface area contributed by atoms with Gasteiger partial charge in [0, 0.05) is 6.20 Å². The first-order chi connectivity index (χ1) is 3.77. The van der Waals surface area contributed by atoms with Crippen LogP contribution in [-0.4, -0.2) is 6.61 Å². The molecule has 8 heavy (non-hydrogen) atoms. The average Bonchev–Trinajstić information content (AvgIpc) is 1.66. The lowest BCUT2D eigenvalue weighted by molar-refractivity contribution is 0.0517. The Bertz CT molecular complexity index is 61.5. The Morgan fingerprint density at radius 2 is 2.38 bits per heavy atom. The molecule has 0 radical (unpaired) electrons. The Balaban J connectivity index is 2.81. The summed E-state index contributed by atoms with van der Waals surface area (Å²) >= 11 is 0. The van der Waals surface area contributed by atoms with Gasteiger partial charge in [-0.2, -0.15) is 0 Å². The van der Waals surface area contributed by atoms with Gasteiger partial charge >= 0.3 is 0 Å². The predicted octanol–water partition coefficient (Wildman–Crippen LogP) is 1.31. The Labute approximate surface area is 50.5 Å². The molecule has 0 aliphatic carbocycles. The zero-order valence-corrected chi connectivity index (χ0v) is 5.48. The summed E-state index contributed by atoms with van der Waals surface area (Å²) in [5.74, 6) is 0.572. The Morgan fingerprint density at radius 1 is 1.75 bits per heavy atom. The zero-order valence-electron chi connectivity index (χ0n) is 5.48. The van der Waals surface area contributed by atoms with Gasteiger partial charge in [0.1, 0.15) is 0 Å². The van der Waals surface area contributed by atoms with E-state index in [1.165, 1.54) is 6.20 Å². The number of nitrogens with one attached hydrogen (secondary N) is 1. The minimum absolute atomic E-state index is 0.572. The molecule has 0 saturated carbocycles. The van der Waals surface area contributed by atoms with Crippen molar-refractivity contribution in [3.63, 3.8) is 0 Å². The second-order valence-electron chi connectivity index (χ2n) is 2.03. The van der Waals surface area contributed by atoms with Gasteiger partial charge in [-0.1, -0.05) is 20.4 Å². The van der Waals surface area contributed by atoms with Gasteiger partial charge in [-0.25, -0.2) is 0 Å². The molecule has 0 aliphatic rings. The third-order valence-electron chi connectivity index (χ3n) is 0.583. The van der Waals surface area contributed by atoms with Crippen molar-refractivity contribution in [1.82, 2.24) is 5.48 Å². The molecule has 0 saturated heterocycles. The van der Waals surface area contributed by atoms with E-state index in [9.17, 15) is 0 Å². The second-order valence-corrected chi connectivity index (χ2v) is 2.03. The van der Waals surface area contributed by atoms with E-state index in [4.69, 9.17) is 4.84 Å². The highest BCUT2D eigenvalue weighted by Gasteiger charge is 1.89. The lowest BCUT2D eigenvalue weighted by Gasteiger charge is -2.03. The summed E-state index contributed by atoms with van der Waals surface area (Å²) in [5, 5.41) is 0. The van der Waals surface area contributed by atoms with Crippen LogP contribution in [0.5, 0.6) is 0 Å². The molecule has 0 amide bonds. The van der Waals surface area contributed by atoms with E-state index in [0.717, 1.165) is 6.61 Å². The minimum atomic E-state index is 0.572. The maximum Gasteiger partial charge on any atom is 0.0768 e. The van der Waals surface area contributed by atoms with Crippen LogP contribution in [0.25, 0.3) is 0 Å². The van der Waals surface area contributed by atoms with Crippen molar-refractivity contribution >= 4 is 0 Å². The molecule has 0 atom stereocenters. The summed E-state index contributed by atoms with van der Waals surface area (Å²) in [5.41, 5.74) is 2.54. The predicted molar refractivity (Wildman–Crippen MR) is 34.1 cm³/mol. The van der Waals surface area contributed by atoms with Gasteiger partial charge in [-0.3, -0.25) is 10.3 Å². The molecular formula is C6H13NO. The number of hydrogen-bond acceptors (Lipinski definition) is 2. The quantitative estimate of drug-likeness (QED) is 0.440. The molecule has 0 bridgehead atoms. The third-order valence-corrected chi connectivity index (χ3v) is 0.583. The van der Waals surface area contributed by atoms with Crippen LogP contribution in [0, 0.1) is 5.92 Å². The average molecular weight is 115 g/mol. The molecule has 48 valence electrons. The Kier molecular flexibility index (Phi) is 4.36. The third kappa shape index (κ3) is 5.50. The summed E-state index contributed by atoms with van der Waals surface area (Å²) in [6.45, 7) is 8.33. The molecule has 0 aromatic carbocycles. The maximum absolute atomic E-state index is 4.88. The number of rotatable bonds is 4. The summed E-state index contributed by atoms with van der Waals surface area (Å²) in [4.78, 5) is 4.88. The molecule has 0 fully saturated rings. The van der Waals surface area contributed by atoms with Crippen molar-refractivity contribution in [2.45, 2.75) is 13.8 Å². The fraction of sp³-hybridized carbons (Fsp3) is 0.667. The first kappa shape index (κ1) is 7.50. The van der Waals surface area contributed by atoms with Crippen LogP contribution >= 0.6 is 0 Å². The molecule has 2 nitrogen and oxygen atoms in total. The lowest BCUT2D eigenvalue weighted by Crippen LogP contribution is -2.10. The fourth-order valence-electron chi connectivity index (χ4n) is 0.274. The molecule has 0 heterocycles. The van der Waals surface area contributed by atoms with Gasteiger partial charge in [0.05, 0.1) is 6.61 Å². The van der Waals surface area contributed by atoms with Gasteiger partial charge in [-0.05, 0) is 5.92 Å². The maximum atomic E-state index is 4.88. The molecule has 1 N–H and O–H groups in total. The molecule has 0 aliphatic heterocycles. The van der Waals surface area contributed by atoms with Crippen molar-refractivity contribution in [2.75, 3.05) is 6.61 Å². The van der Waals surface area contributed by atoms with E-state index in [2.05, 4.69) is 25.9 Å². The van der Waals surface area contributed by atoms with Crippen molar-refractivity contribution < 1.29 is 4.84 Å². The van der Waals surface area contributed by atoms with Crippen LogP contribution in [0.15, 0.2) is 12.8 Å². The van der Waals surface area contributed by atoms with Gasteiger partial charge in [0.2, 0.25) is 0 Å². The van der Waals surface area contributed by atoms with Crippen LogP contribution in [-0.2, 0) is 4.84 Å². The summed E-state index contributed by atoms with van der Waals surface area (Å²) < 4.78 is 0. The summed E-state index contributed by atoms with van der Waals surface area (Å²) in [7, 11) is 0. The highest BCUT2D eigenvalue weighted by atomic mass is 16.6. The van der Waals surface area contributed by atoms with E-state index >= 15 is 0 Å². The van der Waals surface area contributed by atoms with Crippen molar-refractivity contribution in [3.8, 4) is 0 Å². The largest absolute Gasteiger partial charge is 0.276 e. The van der Waals surface area contributed by atoms with Crippen LogP contribution in [0.1, 0.15) is 13.8 Å². The van der Waals surface area contributed by atoms with E-state index in [1.54, 1.807) is 0 Å². The van der Waals surface area contributed by atoms with E-state index in [-0.39, 0.29) is 0 Å². The smallest absolute Gasteiger partial charge is 0.0768 e. The normalized spacial score (nSPS) is 9.38. The SMILES string of the molecule is C=CNOCC(C)C. The van der Waals surface area contributed by atoms with Crippen molar-refractivity contribution in [1.29, 1.82) is 0 Å². The minimum Gasteiger partial charge on any atom is -0.276 e. The van der Waals surface area contributed by atoms with Gasteiger partial charge in [-0.15, -0.1) is 0 Å². The highest BCUT2D eigenvalue weighted by Crippen LogP contribution is 1.88. The van der Waals surface area contributed by atoms with E-state index in [1.807, 2.05) is 0 Å². The molecule has 2 heteroatoms. The summed E-state index contributed by atoms with van der Waals surface area (Å²) in [6, 6.07) is 0. The highest BCUT2D eigenvalue weighted by molar-refractivity contribution is 4.53.